The molecule has 0 N–H and O–H groups in total. The van der Waals surface area contributed by atoms with E-state index in [0.717, 1.165) is 12.1 Å². The van der Waals surface area contributed by atoms with E-state index in [9.17, 15) is 10.1 Å². The Hall–Kier alpha value is -2.91. The molecule has 1 rings (SSSR count). The summed E-state index contributed by atoms with van der Waals surface area (Å²) < 4.78 is 0. The summed E-state index contributed by atoms with van der Waals surface area (Å²) in [5, 5.41) is 36.4. The maximum atomic E-state index is 10.6. The third-order valence-corrected chi connectivity index (χ3v) is 1.66. The molecule has 1 aromatic carbocycles. The van der Waals surface area contributed by atoms with E-state index in [1.54, 1.807) is 18.2 Å². The summed E-state index contributed by atoms with van der Waals surface area (Å²) in [7, 11) is 0. The van der Waals surface area contributed by atoms with Crippen molar-refractivity contribution in [3.8, 4) is 18.2 Å². The highest BCUT2D eigenvalue weighted by Gasteiger charge is 2.21. The van der Waals surface area contributed by atoms with Crippen LogP contribution in [0.15, 0.2) is 12.1 Å². The summed E-state index contributed by atoms with van der Waals surface area (Å²) in [6.07, 6.45) is 0. The van der Waals surface area contributed by atoms with Gasteiger partial charge in [-0.2, -0.15) is 15.8 Å². The van der Waals surface area contributed by atoms with Gasteiger partial charge in [-0.25, -0.2) is 0 Å². The molecule has 0 bridgehead atoms. The Morgan fingerprint density at radius 1 is 1.07 bits per heavy atom. The van der Waals surface area contributed by atoms with Crippen molar-refractivity contribution < 1.29 is 4.92 Å². The molecule has 0 atom stereocenters. The third-order valence-electron chi connectivity index (χ3n) is 1.66. The molecule has 0 aliphatic rings. The zero-order valence-electron chi connectivity index (χ0n) is 7.26. The molecule has 0 amide bonds. The number of nitrogens with zero attached hydrogens (tertiary/aromatic N) is 4. The number of nitro groups is 1. The molecule has 70 valence electrons. The number of hydrogen-bond acceptors (Lipinski definition) is 5. The molecule has 1 aromatic rings. The Bertz CT molecular complexity index is 522. The minimum atomic E-state index is -0.807. The molecule has 6 heteroatoms. The Morgan fingerprint density at radius 3 is 1.80 bits per heavy atom. The van der Waals surface area contributed by atoms with Crippen LogP contribution in [0.25, 0.3) is 0 Å². The summed E-state index contributed by atoms with van der Waals surface area (Å²) >= 11 is 0. The fourth-order valence-electron chi connectivity index (χ4n) is 1.07. The lowest BCUT2D eigenvalue weighted by Gasteiger charge is -1.97. The summed E-state index contributed by atoms with van der Waals surface area (Å²) in [4.78, 5) is 9.77. The van der Waals surface area contributed by atoms with E-state index in [1.165, 1.54) is 0 Å². The molecule has 15 heavy (non-hydrogen) atoms. The molecule has 0 saturated heterocycles. The molecular weight excluding hydrogens is 196 g/mol. The van der Waals surface area contributed by atoms with Gasteiger partial charge in [0.25, 0.3) is 0 Å². The highest BCUT2D eigenvalue weighted by atomic mass is 16.6. The van der Waals surface area contributed by atoms with Crippen molar-refractivity contribution in [3.05, 3.63) is 38.9 Å². The van der Waals surface area contributed by atoms with Gasteiger partial charge in [0.05, 0.1) is 16.6 Å². The van der Waals surface area contributed by atoms with Crippen molar-refractivity contribution in [3.63, 3.8) is 0 Å². The van der Waals surface area contributed by atoms with Crippen LogP contribution in [0.1, 0.15) is 16.7 Å². The number of nitriles is 3. The highest BCUT2D eigenvalue weighted by molar-refractivity contribution is 5.62. The highest BCUT2D eigenvalue weighted by Crippen LogP contribution is 2.24. The van der Waals surface area contributed by atoms with E-state index < -0.39 is 10.6 Å². The number of benzene rings is 1. The van der Waals surface area contributed by atoms with Gasteiger partial charge in [-0.3, -0.25) is 10.1 Å². The molecule has 0 spiro atoms. The van der Waals surface area contributed by atoms with Gasteiger partial charge in [0.1, 0.15) is 23.3 Å². The number of rotatable bonds is 1. The lowest BCUT2D eigenvalue weighted by atomic mass is 10.0. The topological polar surface area (TPSA) is 115 Å². The van der Waals surface area contributed by atoms with E-state index in [0.29, 0.717) is 0 Å². The Morgan fingerprint density at radius 2 is 1.53 bits per heavy atom. The lowest BCUT2D eigenvalue weighted by molar-refractivity contribution is -0.385. The zero-order valence-corrected chi connectivity index (χ0v) is 7.26. The molecule has 0 unspecified atom stereocenters. The van der Waals surface area contributed by atoms with Gasteiger partial charge in [0.15, 0.2) is 0 Å². The Kier molecular flexibility index (Phi) is 2.62. The first-order valence-electron chi connectivity index (χ1n) is 3.66. The monoisotopic (exact) mass is 198 g/mol. The minimum absolute atomic E-state index is 0.0497. The standard InChI is InChI=1S/C9H2N4O2/c10-3-6-1-7(4-11)9(13(14)15)8(2-6)5-12/h1-2H. The van der Waals surface area contributed by atoms with Crippen LogP contribution < -0.4 is 0 Å². The SMILES string of the molecule is N#Cc1cc(C#N)c([N+](=O)[O-])c(C#N)c1. The fraction of sp³-hybridized carbons (Fsp3) is 0. The normalized spacial score (nSPS) is 8.33. The largest absolute Gasteiger partial charge is 0.304 e. The van der Waals surface area contributed by atoms with Crippen molar-refractivity contribution in [1.82, 2.24) is 0 Å². The maximum Gasteiger partial charge on any atom is 0.304 e. The first kappa shape index (κ1) is 10.2. The molecule has 0 aliphatic carbocycles. The summed E-state index contributed by atoms with van der Waals surface area (Å²) in [5.74, 6) is 0. The summed E-state index contributed by atoms with van der Waals surface area (Å²) in [6.45, 7) is 0. The molecule has 0 aliphatic heterocycles. The molecule has 0 saturated carbocycles. The van der Waals surface area contributed by atoms with Crippen molar-refractivity contribution in [1.29, 1.82) is 15.8 Å². The van der Waals surface area contributed by atoms with Crippen LogP contribution in [0.3, 0.4) is 0 Å². The van der Waals surface area contributed by atoms with Crippen LogP contribution in [0, 0.1) is 44.1 Å². The van der Waals surface area contributed by atoms with Crippen LogP contribution in [-0.2, 0) is 0 Å². The second-order valence-electron chi connectivity index (χ2n) is 2.51. The van der Waals surface area contributed by atoms with Crippen molar-refractivity contribution in [2.75, 3.05) is 0 Å². The second-order valence-corrected chi connectivity index (χ2v) is 2.51. The predicted octanol–water partition coefficient (Wildman–Crippen LogP) is 1.21. The number of hydrogen-bond donors (Lipinski definition) is 0. The van der Waals surface area contributed by atoms with Crippen molar-refractivity contribution in [2.24, 2.45) is 0 Å². The maximum absolute atomic E-state index is 10.6. The minimum Gasteiger partial charge on any atom is -0.258 e. The molecule has 6 nitrogen and oxygen atoms in total. The first-order chi connectivity index (χ1) is 7.13. The quantitative estimate of drug-likeness (QED) is 0.496. The smallest absolute Gasteiger partial charge is 0.258 e. The van der Waals surface area contributed by atoms with Gasteiger partial charge >= 0.3 is 5.69 Å². The van der Waals surface area contributed by atoms with Gasteiger partial charge in [-0.15, -0.1) is 0 Å². The van der Waals surface area contributed by atoms with Crippen molar-refractivity contribution in [2.45, 2.75) is 0 Å². The van der Waals surface area contributed by atoms with E-state index in [4.69, 9.17) is 15.8 Å². The zero-order chi connectivity index (χ0) is 11.4. The van der Waals surface area contributed by atoms with Gasteiger partial charge in [-0.1, -0.05) is 0 Å². The molecular formula is C9H2N4O2. The Labute approximate surface area is 84.4 Å². The van der Waals surface area contributed by atoms with Gasteiger partial charge in [-0.05, 0) is 12.1 Å². The van der Waals surface area contributed by atoms with Gasteiger partial charge < -0.3 is 0 Å². The molecule has 0 fully saturated rings. The summed E-state index contributed by atoms with van der Waals surface area (Å²) in [6, 6.07) is 7.05. The van der Waals surface area contributed by atoms with E-state index in [1.807, 2.05) is 0 Å². The van der Waals surface area contributed by atoms with Crippen LogP contribution in [-0.4, -0.2) is 4.92 Å². The fourth-order valence-corrected chi connectivity index (χ4v) is 1.07. The average molecular weight is 198 g/mol. The van der Waals surface area contributed by atoms with Crippen LogP contribution in [0.2, 0.25) is 0 Å². The van der Waals surface area contributed by atoms with Crippen molar-refractivity contribution >= 4 is 5.69 Å². The van der Waals surface area contributed by atoms with E-state index in [-0.39, 0.29) is 16.7 Å². The Balaban J connectivity index is 3.67. The third kappa shape index (κ3) is 1.72. The van der Waals surface area contributed by atoms with Gasteiger partial charge in [0.2, 0.25) is 0 Å². The van der Waals surface area contributed by atoms with Crippen LogP contribution in [0.4, 0.5) is 5.69 Å². The molecule has 0 heterocycles. The van der Waals surface area contributed by atoms with E-state index >= 15 is 0 Å². The average Bonchev–Trinajstić information content (AvgIpc) is 2.26. The molecule has 0 radical (unpaired) electrons. The lowest BCUT2D eigenvalue weighted by Crippen LogP contribution is -1.97. The number of nitro benzene ring substituents is 1. The predicted molar refractivity (Wildman–Crippen MR) is 47.2 cm³/mol. The molecule has 0 aromatic heterocycles. The summed E-state index contributed by atoms with van der Waals surface area (Å²) in [5.41, 5.74) is -1.07. The van der Waals surface area contributed by atoms with E-state index in [2.05, 4.69) is 0 Å². The van der Waals surface area contributed by atoms with Gasteiger partial charge in [0, 0.05) is 0 Å². The first-order valence-corrected chi connectivity index (χ1v) is 3.66. The van der Waals surface area contributed by atoms with Crippen LogP contribution >= 0.6 is 0 Å². The second kappa shape index (κ2) is 3.87. The van der Waals surface area contributed by atoms with Crippen LogP contribution in [0.5, 0.6) is 0 Å².